The highest BCUT2D eigenvalue weighted by molar-refractivity contribution is 5.94. The SMILES string of the molecule is CCCCN(CCC(=O)O)C(=O)c1ccc(C)cc1. The van der Waals surface area contributed by atoms with Crippen LogP contribution in [0.5, 0.6) is 0 Å². The van der Waals surface area contributed by atoms with E-state index in [1.165, 1.54) is 0 Å². The largest absolute Gasteiger partial charge is 0.481 e. The minimum atomic E-state index is -0.877. The fourth-order valence-electron chi connectivity index (χ4n) is 1.77. The first-order valence-electron chi connectivity index (χ1n) is 6.62. The van der Waals surface area contributed by atoms with Gasteiger partial charge in [0.2, 0.25) is 0 Å². The van der Waals surface area contributed by atoms with Gasteiger partial charge in [0, 0.05) is 18.7 Å². The van der Waals surface area contributed by atoms with Crippen LogP contribution in [-0.4, -0.2) is 35.0 Å². The molecule has 1 aromatic rings. The first kappa shape index (κ1) is 15.2. The predicted octanol–water partition coefficient (Wildman–Crippen LogP) is 2.71. The molecule has 0 unspecified atom stereocenters. The zero-order valence-corrected chi connectivity index (χ0v) is 11.6. The monoisotopic (exact) mass is 263 g/mol. The smallest absolute Gasteiger partial charge is 0.305 e. The lowest BCUT2D eigenvalue weighted by atomic mass is 10.1. The van der Waals surface area contributed by atoms with Gasteiger partial charge in [0.15, 0.2) is 0 Å². The Kier molecular flexibility index (Phi) is 6.06. The molecule has 0 saturated carbocycles. The fourth-order valence-corrected chi connectivity index (χ4v) is 1.77. The van der Waals surface area contributed by atoms with Gasteiger partial charge < -0.3 is 10.0 Å². The summed E-state index contributed by atoms with van der Waals surface area (Å²) in [5.41, 5.74) is 1.72. The van der Waals surface area contributed by atoms with E-state index in [9.17, 15) is 9.59 Å². The molecule has 0 aromatic heterocycles. The minimum absolute atomic E-state index is 0.0126. The number of carbonyl (C=O) groups excluding carboxylic acids is 1. The molecule has 4 heteroatoms. The summed E-state index contributed by atoms with van der Waals surface area (Å²) in [5.74, 6) is -0.965. The molecule has 0 saturated heterocycles. The quantitative estimate of drug-likeness (QED) is 0.823. The number of benzene rings is 1. The molecule has 0 spiro atoms. The first-order valence-corrected chi connectivity index (χ1v) is 6.62. The van der Waals surface area contributed by atoms with E-state index >= 15 is 0 Å². The van der Waals surface area contributed by atoms with Crippen LogP contribution in [0.3, 0.4) is 0 Å². The maximum absolute atomic E-state index is 12.3. The van der Waals surface area contributed by atoms with Gasteiger partial charge in [0.25, 0.3) is 5.91 Å². The Hall–Kier alpha value is -1.84. The van der Waals surface area contributed by atoms with Gasteiger partial charge >= 0.3 is 5.97 Å². The van der Waals surface area contributed by atoms with Crippen molar-refractivity contribution in [3.05, 3.63) is 35.4 Å². The van der Waals surface area contributed by atoms with Crippen LogP contribution in [0.1, 0.15) is 42.1 Å². The number of amides is 1. The second-order valence-corrected chi connectivity index (χ2v) is 4.66. The molecule has 1 aromatic carbocycles. The zero-order chi connectivity index (χ0) is 14.3. The number of carboxylic acids is 1. The predicted molar refractivity (Wildman–Crippen MR) is 74.2 cm³/mol. The van der Waals surface area contributed by atoms with Crippen molar-refractivity contribution in [2.75, 3.05) is 13.1 Å². The first-order chi connectivity index (χ1) is 9.04. The summed E-state index contributed by atoms with van der Waals surface area (Å²) >= 11 is 0. The molecule has 0 radical (unpaired) electrons. The van der Waals surface area contributed by atoms with Crippen molar-refractivity contribution in [1.82, 2.24) is 4.90 Å². The van der Waals surface area contributed by atoms with Crippen molar-refractivity contribution in [1.29, 1.82) is 0 Å². The number of aliphatic carboxylic acids is 1. The van der Waals surface area contributed by atoms with Gasteiger partial charge in [-0.3, -0.25) is 9.59 Å². The lowest BCUT2D eigenvalue weighted by Gasteiger charge is -2.22. The van der Waals surface area contributed by atoms with Crippen LogP contribution in [0.15, 0.2) is 24.3 Å². The molecule has 19 heavy (non-hydrogen) atoms. The van der Waals surface area contributed by atoms with E-state index in [1.807, 2.05) is 26.0 Å². The van der Waals surface area contributed by atoms with E-state index in [4.69, 9.17) is 5.11 Å². The molecule has 0 fully saturated rings. The van der Waals surface area contributed by atoms with Gasteiger partial charge in [-0.2, -0.15) is 0 Å². The highest BCUT2D eigenvalue weighted by atomic mass is 16.4. The summed E-state index contributed by atoms with van der Waals surface area (Å²) < 4.78 is 0. The number of hydrogen-bond acceptors (Lipinski definition) is 2. The van der Waals surface area contributed by atoms with Crippen LogP contribution in [0.4, 0.5) is 0 Å². The molecule has 0 bridgehead atoms. The molecule has 0 aliphatic heterocycles. The van der Waals surface area contributed by atoms with Crippen molar-refractivity contribution >= 4 is 11.9 Å². The molecule has 0 heterocycles. The van der Waals surface area contributed by atoms with Gasteiger partial charge in [0.05, 0.1) is 6.42 Å². The normalized spacial score (nSPS) is 10.2. The lowest BCUT2D eigenvalue weighted by Crippen LogP contribution is -2.33. The Morgan fingerprint density at radius 2 is 1.79 bits per heavy atom. The Bertz CT molecular complexity index is 426. The summed E-state index contributed by atoms with van der Waals surface area (Å²) in [6, 6.07) is 7.36. The van der Waals surface area contributed by atoms with Crippen LogP contribution >= 0.6 is 0 Å². The van der Waals surface area contributed by atoms with Gasteiger partial charge in [-0.15, -0.1) is 0 Å². The van der Waals surface area contributed by atoms with Crippen molar-refractivity contribution < 1.29 is 14.7 Å². The van der Waals surface area contributed by atoms with E-state index < -0.39 is 5.97 Å². The molecular formula is C15H21NO3. The standard InChI is InChI=1S/C15H21NO3/c1-3-4-10-16(11-9-14(17)18)15(19)13-7-5-12(2)6-8-13/h5-8H,3-4,9-11H2,1-2H3,(H,17,18). The maximum Gasteiger partial charge on any atom is 0.305 e. The summed E-state index contributed by atoms with van der Waals surface area (Å²) in [6.07, 6.45) is 1.85. The Balaban J connectivity index is 2.74. The summed E-state index contributed by atoms with van der Waals surface area (Å²) in [6.45, 7) is 4.89. The second kappa shape index (κ2) is 7.56. The Morgan fingerprint density at radius 3 is 2.32 bits per heavy atom. The van der Waals surface area contributed by atoms with Crippen LogP contribution in [-0.2, 0) is 4.79 Å². The number of carbonyl (C=O) groups is 2. The highest BCUT2D eigenvalue weighted by Crippen LogP contribution is 2.09. The van der Waals surface area contributed by atoms with Gasteiger partial charge in [-0.05, 0) is 25.5 Å². The Labute approximate surface area is 114 Å². The summed E-state index contributed by atoms with van der Waals surface area (Å²) in [7, 11) is 0. The molecule has 104 valence electrons. The second-order valence-electron chi connectivity index (χ2n) is 4.66. The molecule has 4 nitrogen and oxygen atoms in total. The number of hydrogen-bond donors (Lipinski definition) is 1. The average Bonchev–Trinajstić information content (AvgIpc) is 2.39. The zero-order valence-electron chi connectivity index (χ0n) is 11.6. The molecule has 1 N–H and O–H groups in total. The number of carboxylic acid groups (broad SMARTS) is 1. The number of nitrogens with zero attached hydrogens (tertiary/aromatic N) is 1. The van der Waals surface area contributed by atoms with E-state index in [0.29, 0.717) is 12.1 Å². The van der Waals surface area contributed by atoms with Crippen molar-refractivity contribution in [3.8, 4) is 0 Å². The summed E-state index contributed by atoms with van der Waals surface area (Å²) in [4.78, 5) is 24.6. The number of aryl methyl sites for hydroxylation is 1. The molecule has 0 aliphatic rings. The third kappa shape index (κ3) is 5.12. The molecule has 0 atom stereocenters. The average molecular weight is 263 g/mol. The van der Waals surface area contributed by atoms with Crippen LogP contribution < -0.4 is 0 Å². The summed E-state index contributed by atoms with van der Waals surface area (Å²) in [5, 5.41) is 8.74. The van der Waals surface area contributed by atoms with Crippen molar-refractivity contribution in [2.45, 2.75) is 33.1 Å². The van der Waals surface area contributed by atoms with Gasteiger partial charge in [-0.1, -0.05) is 31.0 Å². The molecule has 1 amide bonds. The van der Waals surface area contributed by atoms with E-state index in [2.05, 4.69) is 0 Å². The lowest BCUT2D eigenvalue weighted by molar-refractivity contribution is -0.137. The Morgan fingerprint density at radius 1 is 1.16 bits per heavy atom. The van der Waals surface area contributed by atoms with Gasteiger partial charge in [0.1, 0.15) is 0 Å². The van der Waals surface area contributed by atoms with Crippen molar-refractivity contribution in [3.63, 3.8) is 0 Å². The van der Waals surface area contributed by atoms with Crippen LogP contribution in [0, 0.1) is 6.92 Å². The maximum atomic E-state index is 12.3. The van der Waals surface area contributed by atoms with E-state index in [-0.39, 0.29) is 18.9 Å². The molecule has 0 aliphatic carbocycles. The van der Waals surface area contributed by atoms with Crippen LogP contribution in [0.25, 0.3) is 0 Å². The molecule has 1 rings (SSSR count). The third-order valence-electron chi connectivity index (χ3n) is 2.96. The van der Waals surface area contributed by atoms with Crippen LogP contribution in [0.2, 0.25) is 0 Å². The van der Waals surface area contributed by atoms with Crippen molar-refractivity contribution in [2.24, 2.45) is 0 Å². The van der Waals surface area contributed by atoms with Gasteiger partial charge in [-0.25, -0.2) is 0 Å². The number of unbranched alkanes of at least 4 members (excludes halogenated alkanes) is 1. The van der Waals surface area contributed by atoms with E-state index in [0.717, 1.165) is 18.4 Å². The minimum Gasteiger partial charge on any atom is -0.481 e. The fraction of sp³-hybridized carbons (Fsp3) is 0.467. The van der Waals surface area contributed by atoms with E-state index in [1.54, 1.807) is 17.0 Å². The molecular weight excluding hydrogens is 242 g/mol. The topological polar surface area (TPSA) is 57.6 Å². The third-order valence-corrected chi connectivity index (χ3v) is 2.96. The number of rotatable bonds is 7. The highest BCUT2D eigenvalue weighted by Gasteiger charge is 2.16.